The Hall–Kier alpha value is -2.75. The number of rotatable bonds is 4. The molecule has 2 amide bonds. The molecule has 0 bridgehead atoms. The maximum atomic E-state index is 13.1. The predicted molar refractivity (Wildman–Crippen MR) is 119 cm³/mol. The normalized spacial score (nSPS) is 20.3. The highest BCUT2D eigenvalue weighted by Crippen LogP contribution is 2.36. The van der Waals surface area contributed by atoms with Crippen molar-refractivity contribution >= 4 is 6.03 Å². The molecule has 0 aromatic heterocycles. The number of amides is 2. The summed E-state index contributed by atoms with van der Waals surface area (Å²) in [7, 11) is 0. The zero-order valence-electron chi connectivity index (χ0n) is 19.0. The van der Waals surface area contributed by atoms with Crippen LogP contribution in [0.25, 0.3) is 0 Å². The zero-order chi connectivity index (χ0) is 25.2. The van der Waals surface area contributed by atoms with Gasteiger partial charge in [-0.2, -0.15) is 26.3 Å². The molecule has 2 aliphatic heterocycles. The van der Waals surface area contributed by atoms with Crippen molar-refractivity contribution in [1.82, 2.24) is 15.1 Å². The van der Waals surface area contributed by atoms with Crippen LogP contribution in [0, 0.1) is 0 Å². The Labute approximate surface area is 199 Å². The number of hydrogen-bond acceptors (Lipinski definition) is 2. The molecule has 4 nitrogen and oxygen atoms in total. The highest BCUT2D eigenvalue weighted by Gasteiger charge is 2.37. The Kier molecular flexibility index (Phi) is 7.30. The van der Waals surface area contributed by atoms with Crippen molar-refractivity contribution in [2.24, 2.45) is 0 Å². The van der Waals surface area contributed by atoms with E-state index in [-0.39, 0.29) is 17.7 Å². The Bertz CT molecular complexity index is 984. The summed E-state index contributed by atoms with van der Waals surface area (Å²) in [5, 5.41) is 2.48. The molecule has 2 fully saturated rings. The average molecular weight is 499 g/mol. The van der Waals surface area contributed by atoms with Gasteiger partial charge in [0.1, 0.15) is 0 Å². The van der Waals surface area contributed by atoms with Gasteiger partial charge in [-0.05, 0) is 67.6 Å². The van der Waals surface area contributed by atoms with Crippen molar-refractivity contribution in [2.75, 3.05) is 26.2 Å². The van der Waals surface area contributed by atoms with Gasteiger partial charge in [-0.1, -0.05) is 30.3 Å². The number of piperidine rings is 1. The quantitative estimate of drug-likeness (QED) is 0.533. The third-order valence-electron chi connectivity index (χ3n) is 6.86. The molecule has 0 saturated carbocycles. The number of hydrogen-bond donors (Lipinski definition) is 1. The highest BCUT2D eigenvalue weighted by atomic mass is 19.4. The molecular formula is C25H27F6N3O. The fourth-order valence-electron chi connectivity index (χ4n) is 4.96. The lowest BCUT2D eigenvalue weighted by Crippen LogP contribution is -2.44. The van der Waals surface area contributed by atoms with Crippen molar-refractivity contribution in [3.8, 4) is 0 Å². The van der Waals surface area contributed by atoms with Crippen molar-refractivity contribution in [3.05, 3.63) is 70.8 Å². The first-order valence-electron chi connectivity index (χ1n) is 11.6. The fraction of sp³-hybridized carbons (Fsp3) is 0.480. The molecule has 0 radical (unpaired) electrons. The molecule has 1 atom stereocenters. The van der Waals surface area contributed by atoms with Gasteiger partial charge < -0.3 is 10.2 Å². The van der Waals surface area contributed by atoms with E-state index in [9.17, 15) is 31.1 Å². The Morgan fingerprint density at radius 3 is 2.03 bits per heavy atom. The Morgan fingerprint density at radius 2 is 1.46 bits per heavy atom. The lowest BCUT2D eigenvalue weighted by molar-refractivity contribution is -0.143. The number of carbonyl (C=O) groups is 1. The van der Waals surface area contributed by atoms with E-state index in [2.05, 4.69) is 22.3 Å². The van der Waals surface area contributed by atoms with Crippen LogP contribution in [0.2, 0.25) is 0 Å². The Balaban J connectivity index is 1.31. The molecule has 10 heteroatoms. The summed E-state index contributed by atoms with van der Waals surface area (Å²) in [4.78, 5) is 16.5. The molecule has 2 aliphatic rings. The average Bonchev–Trinajstić information content (AvgIpc) is 3.32. The van der Waals surface area contributed by atoms with E-state index in [0.717, 1.165) is 32.4 Å². The van der Waals surface area contributed by atoms with Gasteiger partial charge in [-0.3, -0.25) is 4.90 Å². The van der Waals surface area contributed by atoms with Gasteiger partial charge in [0, 0.05) is 25.7 Å². The topological polar surface area (TPSA) is 35.6 Å². The maximum absolute atomic E-state index is 13.1. The standard InChI is InChI=1S/C25H27F6N3O/c26-24(27,28)20-12-17(13-21(14-20)25(29,30)31)15-32-23(35)34-11-8-22(16-34)33-9-6-19(7-10-33)18-4-2-1-3-5-18/h1-5,12-14,19,22H,6-11,15-16H2,(H,32,35). The second kappa shape index (κ2) is 10.1. The van der Waals surface area contributed by atoms with Crippen LogP contribution in [0.15, 0.2) is 48.5 Å². The third-order valence-corrected chi connectivity index (χ3v) is 6.86. The van der Waals surface area contributed by atoms with Crippen LogP contribution in [-0.2, 0) is 18.9 Å². The molecule has 1 unspecified atom stereocenters. The van der Waals surface area contributed by atoms with Crippen LogP contribution in [-0.4, -0.2) is 48.1 Å². The summed E-state index contributed by atoms with van der Waals surface area (Å²) in [5.74, 6) is 0.516. The molecule has 35 heavy (non-hydrogen) atoms. The monoisotopic (exact) mass is 499 g/mol. The summed E-state index contributed by atoms with van der Waals surface area (Å²) in [6, 6.07) is 11.4. The van der Waals surface area contributed by atoms with Crippen LogP contribution in [0.3, 0.4) is 0 Å². The minimum absolute atomic E-state index is 0.0807. The second-order valence-electron chi connectivity index (χ2n) is 9.18. The summed E-state index contributed by atoms with van der Waals surface area (Å²) >= 11 is 0. The van der Waals surface area contributed by atoms with Gasteiger partial charge in [-0.15, -0.1) is 0 Å². The van der Waals surface area contributed by atoms with Gasteiger partial charge in [0.25, 0.3) is 0 Å². The zero-order valence-corrected chi connectivity index (χ0v) is 19.0. The first-order chi connectivity index (χ1) is 16.5. The molecule has 2 heterocycles. The van der Waals surface area contributed by atoms with E-state index in [1.807, 2.05) is 18.2 Å². The Morgan fingerprint density at radius 1 is 0.857 bits per heavy atom. The minimum atomic E-state index is -4.92. The van der Waals surface area contributed by atoms with E-state index in [0.29, 0.717) is 31.1 Å². The SMILES string of the molecule is O=C(NCc1cc(C(F)(F)F)cc(C(F)(F)F)c1)N1CCC(N2CCC(c3ccccc3)CC2)C1. The summed E-state index contributed by atoms with van der Waals surface area (Å²) in [5.41, 5.74) is -1.70. The van der Waals surface area contributed by atoms with Crippen molar-refractivity contribution in [1.29, 1.82) is 0 Å². The summed E-state index contributed by atoms with van der Waals surface area (Å²) < 4.78 is 78.3. The third kappa shape index (κ3) is 6.28. The number of urea groups is 1. The highest BCUT2D eigenvalue weighted by molar-refractivity contribution is 5.74. The van der Waals surface area contributed by atoms with Gasteiger partial charge >= 0.3 is 18.4 Å². The minimum Gasteiger partial charge on any atom is -0.334 e. The van der Waals surface area contributed by atoms with Gasteiger partial charge in [0.15, 0.2) is 0 Å². The van der Waals surface area contributed by atoms with Gasteiger partial charge in [0.05, 0.1) is 11.1 Å². The van der Waals surface area contributed by atoms with Crippen molar-refractivity contribution in [3.63, 3.8) is 0 Å². The van der Waals surface area contributed by atoms with E-state index in [1.54, 1.807) is 4.90 Å². The smallest absolute Gasteiger partial charge is 0.334 e. The molecule has 2 aromatic rings. The van der Waals surface area contributed by atoms with Crippen molar-refractivity contribution < 1.29 is 31.1 Å². The molecule has 2 saturated heterocycles. The molecule has 190 valence electrons. The molecule has 0 aliphatic carbocycles. The molecule has 1 N–H and O–H groups in total. The largest absolute Gasteiger partial charge is 0.416 e. The summed E-state index contributed by atoms with van der Waals surface area (Å²) in [6.45, 7) is 2.40. The van der Waals surface area contributed by atoms with Crippen LogP contribution in [0.4, 0.5) is 31.1 Å². The molecule has 0 spiro atoms. The number of benzene rings is 2. The van der Waals surface area contributed by atoms with E-state index in [1.165, 1.54) is 5.56 Å². The van der Waals surface area contributed by atoms with Crippen LogP contribution in [0.1, 0.15) is 47.4 Å². The lowest BCUT2D eigenvalue weighted by Gasteiger charge is -2.36. The number of nitrogens with one attached hydrogen (secondary N) is 1. The van der Waals surface area contributed by atoms with Crippen LogP contribution >= 0.6 is 0 Å². The van der Waals surface area contributed by atoms with Crippen LogP contribution < -0.4 is 5.32 Å². The number of halogens is 6. The molecule has 2 aromatic carbocycles. The van der Waals surface area contributed by atoms with E-state index in [4.69, 9.17) is 0 Å². The van der Waals surface area contributed by atoms with Gasteiger partial charge in [0.2, 0.25) is 0 Å². The first kappa shape index (κ1) is 25.3. The maximum Gasteiger partial charge on any atom is 0.416 e. The number of alkyl halides is 6. The number of carbonyl (C=O) groups excluding carboxylic acids is 1. The predicted octanol–water partition coefficient (Wildman–Crippen LogP) is 5.89. The molecule has 4 rings (SSSR count). The second-order valence-corrected chi connectivity index (χ2v) is 9.18. The first-order valence-corrected chi connectivity index (χ1v) is 11.6. The number of likely N-dealkylation sites (tertiary alicyclic amines) is 2. The number of nitrogens with zero attached hydrogens (tertiary/aromatic N) is 2. The van der Waals surface area contributed by atoms with Gasteiger partial charge in [-0.25, -0.2) is 4.79 Å². The van der Waals surface area contributed by atoms with Crippen molar-refractivity contribution in [2.45, 2.75) is 50.1 Å². The van der Waals surface area contributed by atoms with E-state index >= 15 is 0 Å². The summed E-state index contributed by atoms with van der Waals surface area (Å²) in [6.07, 6.45) is -6.99. The van der Waals surface area contributed by atoms with E-state index < -0.39 is 36.1 Å². The molecular weight excluding hydrogens is 472 g/mol. The van der Waals surface area contributed by atoms with Crippen LogP contribution in [0.5, 0.6) is 0 Å². The lowest BCUT2D eigenvalue weighted by atomic mass is 9.89. The fourth-order valence-corrected chi connectivity index (χ4v) is 4.96.